The van der Waals surface area contributed by atoms with Crippen molar-refractivity contribution in [2.45, 2.75) is 25.2 Å². The van der Waals surface area contributed by atoms with Gasteiger partial charge in [0.2, 0.25) is 5.91 Å². The van der Waals surface area contributed by atoms with Crippen molar-refractivity contribution in [1.29, 1.82) is 0 Å². The maximum absolute atomic E-state index is 12.6. The van der Waals surface area contributed by atoms with Gasteiger partial charge in [-0.1, -0.05) is 48.0 Å². The second kappa shape index (κ2) is 4.95. The summed E-state index contributed by atoms with van der Waals surface area (Å²) in [6.45, 7) is 1.92. The maximum atomic E-state index is 12.6. The number of hydrogen-bond acceptors (Lipinski definition) is 1. The van der Waals surface area contributed by atoms with E-state index < -0.39 is 0 Å². The number of rotatable bonds is 3. The Bertz CT molecular complexity index is 647. The summed E-state index contributed by atoms with van der Waals surface area (Å²) >= 11 is 6.09. The Balaban J connectivity index is 1.86. The number of carbonyl (C=O) groups excluding carboxylic acids is 1. The lowest BCUT2D eigenvalue weighted by atomic mass is 9.95. The number of nitrogens with one attached hydrogen (secondary N) is 1. The Morgan fingerprint density at radius 1 is 1.10 bits per heavy atom. The zero-order chi connectivity index (χ0) is 14.2. The molecule has 1 saturated carbocycles. The molecule has 0 aliphatic heterocycles. The Labute approximate surface area is 123 Å². The Morgan fingerprint density at radius 3 is 2.45 bits per heavy atom. The van der Waals surface area contributed by atoms with Gasteiger partial charge in [0, 0.05) is 10.7 Å². The van der Waals surface area contributed by atoms with Crippen LogP contribution in [0.5, 0.6) is 0 Å². The van der Waals surface area contributed by atoms with Crippen molar-refractivity contribution < 1.29 is 4.79 Å². The van der Waals surface area contributed by atoms with Gasteiger partial charge >= 0.3 is 0 Å². The Kier molecular flexibility index (Phi) is 3.27. The summed E-state index contributed by atoms with van der Waals surface area (Å²) in [6.07, 6.45) is 1.81. The van der Waals surface area contributed by atoms with Gasteiger partial charge < -0.3 is 5.32 Å². The van der Waals surface area contributed by atoms with Crippen molar-refractivity contribution in [3.8, 4) is 0 Å². The van der Waals surface area contributed by atoms with E-state index >= 15 is 0 Å². The van der Waals surface area contributed by atoms with Crippen molar-refractivity contribution in [3.63, 3.8) is 0 Å². The molecule has 0 heterocycles. The summed E-state index contributed by atoms with van der Waals surface area (Å²) in [5.74, 6) is 0.0640. The third-order valence-electron chi connectivity index (χ3n) is 4.03. The predicted octanol–water partition coefficient (Wildman–Crippen LogP) is 4.32. The molecule has 0 atom stereocenters. The molecule has 0 saturated heterocycles. The van der Waals surface area contributed by atoms with E-state index in [0.29, 0.717) is 5.02 Å². The van der Waals surface area contributed by atoms with Gasteiger partial charge in [-0.2, -0.15) is 0 Å². The third-order valence-corrected chi connectivity index (χ3v) is 4.44. The Morgan fingerprint density at radius 2 is 1.80 bits per heavy atom. The number of benzene rings is 2. The highest BCUT2D eigenvalue weighted by Crippen LogP contribution is 2.49. The normalized spacial score (nSPS) is 15.7. The van der Waals surface area contributed by atoms with Crippen LogP contribution >= 0.6 is 11.6 Å². The first-order valence-corrected chi connectivity index (χ1v) is 7.13. The molecule has 2 aromatic rings. The number of halogens is 1. The van der Waals surface area contributed by atoms with Crippen LogP contribution in [0.1, 0.15) is 24.0 Å². The van der Waals surface area contributed by atoms with Crippen molar-refractivity contribution in [2.75, 3.05) is 5.32 Å². The SMILES string of the molecule is Cc1c(Cl)cccc1NC(=O)C1(c2ccccc2)CC1. The molecular weight excluding hydrogens is 270 g/mol. The first kappa shape index (κ1) is 13.2. The minimum absolute atomic E-state index is 0.0640. The van der Waals surface area contributed by atoms with Gasteiger partial charge in [0.25, 0.3) is 0 Å². The molecule has 20 heavy (non-hydrogen) atoms. The fraction of sp³-hybridized carbons (Fsp3) is 0.235. The van der Waals surface area contributed by atoms with Crippen molar-refractivity contribution >= 4 is 23.2 Å². The topological polar surface area (TPSA) is 29.1 Å². The van der Waals surface area contributed by atoms with E-state index in [9.17, 15) is 4.79 Å². The monoisotopic (exact) mass is 285 g/mol. The molecule has 0 bridgehead atoms. The molecule has 2 nitrogen and oxygen atoms in total. The van der Waals surface area contributed by atoms with Gasteiger partial charge in [0.15, 0.2) is 0 Å². The fourth-order valence-electron chi connectivity index (χ4n) is 2.51. The van der Waals surface area contributed by atoms with E-state index in [1.165, 1.54) is 0 Å². The van der Waals surface area contributed by atoms with E-state index in [-0.39, 0.29) is 11.3 Å². The molecule has 2 aromatic carbocycles. The fourth-order valence-corrected chi connectivity index (χ4v) is 2.69. The van der Waals surface area contributed by atoms with Crippen molar-refractivity contribution in [3.05, 3.63) is 64.7 Å². The van der Waals surface area contributed by atoms with Crippen LogP contribution in [0.4, 0.5) is 5.69 Å². The zero-order valence-electron chi connectivity index (χ0n) is 11.3. The molecule has 0 radical (unpaired) electrons. The highest BCUT2D eigenvalue weighted by atomic mass is 35.5. The van der Waals surface area contributed by atoms with Gasteiger partial charge in [0.05, 0.1) is 5.41 Å². The molecule has 1 amide bonds. The summed E-state index contributed by atoms with van der Waals surface area (Å²) in [5.41, 5.74) is 2.45. The minimum Gasteiger partial charge on any atom is -0.325 e. The van der Waals surface area contributed by atoms with Gasteiger partial charge in [0.1, 0.15) is 0 Å². The summed E-state index contributed by atoms with van der Waals surface area (Å²) in [6, 6.07) is 15.6. The molecule has 1 aliphatic carbocycles. The minimum atomic E-state index is -0.351. The zero-order valence-corrected chi connectivity index (χ0v) is 12.1. The molecule has 1 aliphatic rings. The molecular formula is C17H16ClNO. The number of hydrogen-bond donors (Lipinski definition) is 1. The maximum Gasteiger partial charge on any atom is 0.235 e. The number of amides is 1. The van der Waals surface area contributed by atoms with E-state index in [4.69, 9.17) is 11.6 Å². The smallest absolute Gasteiger partial charge is 0.235 e. The van der Waals surface area contributed by atoms with Crippen molar-refractivity contribution in [2.24, 2.45) is 0 Å². The van der Waals surface area contributed by atoms with Gasteiger partial charge in [-0.05, 0) is 43.0 Å². The van der Waals surface area contributed by atoms with Crippen LogP contribution in [0.3, 0.4) is 0 Å². The van der Waals surface area contributed by atoms with Crippen LogP contribution in [0.15, 0.2) is 48.5 Å². The summed E-state index contributed by atoms with van der Waals surface area (Å²) in [7, 11) is 0. The van der Waals surface area contributed by atoms with Crippen LogP contribution in [0, 0.1) is 6.92 Å². The predicted molar refractivity (Wildman–Crippen MR) is 82.2 cm³/mol. The van der Waals surface area contributed by atoms with Crippen LogP contribution in [-0.2, 0) is 10.2 Å². The molecule has 1 fully saturated rings. The molecule has 3 rings (SSSR count). The third kappa shape index (κ3) is 2.20. The lowest BCUT2D eigenvalue weighted by Crippen LogP contribution is -2.28. The van der Waals surface area contributed by atoms with E-state index in [1.807, 2.05) is 55.5 Å². The van der Waals surface area contributed by atoms with Gasteiger partial charge in [-0.25, -0.2) is 0 Å². The first-order valence-electron chi connectivity index (χ1n) is 6.75. The molecule has 3 heteroatoms. The van der Waals surface area contributed by atoms with E-state index in [1.54, 1.807) is 0 Å². The summed E-state index contributed by atoms with van der Waals surface area (Å²) < 4.78 is 0. The van der Waals surface area contributed by atoms with Gasteiger partial charge in [-0.3, -0.25) is 4.79 Å². The summed E-state index contributed by atoms with van der Waals surface area (Å²) in [5, 5.41) is 3.70. The second-order valence-electron chi connectivity index (χ2n) is 5.31. The lowest BCUT2D eigenvalue weighted by molar-refractivity contribution is -0.118. The average molecular weight is 286 g/mol. The highest BCUT2D eigenvalue weighted by Gasteiger charge is 2.51. The highest BCUT2D eigenvalue weighted by molar-refractivity contribution is 6.31. The Hall–Kier alpha value is -1.80. The van der Waals surface area contributed by atoms with Crippen LogP contribution in [0.25, 0.3) is 0 Å². The van der Waals surface area contributed by atoms with Crippen molar-refractivity contribution in [1.82, 2.24) is 0 Å². The van der Waals surface area contributed by atoms with Crippen LogP contribution < -0.4 is 5.32 Å². The second-order valence-corrected chi connectivity index (χ2v) is 5.72. The molecule has 0 spiro atoms. The van der Waals surface area contributed by atoms with Crippen LogP contribution in [0.2, 0.25) is 5.02 Å². The standard InChI is InChI=1S/C17H16ClNO/c1-12-14(18)8-5-9-15(12)19-16(20)17(10-11-17)13-6-3-2-4-7-13/h2-9H,10-11H2,1H3,(H,19,20). The van der Waals surface area contributed by atoms with E-state index in [0.717, 1.165) is 29.7 Å². The van der Waals surface area contributed by atoms with Crippen LogP contribution in [-0.4, -0.2) is 5.91 Å². The largest absolute Gasteiger partial charge is 0.325 e. The average Bonchev–Trinajstić information content (AvgIpc) is 3.26. The number of carbonyl (C=O) groups is 1. The van der Waals surface area contributed by atoms with E-state index in [2.05, 4.69) is 5.32 Å². The van der Waals surface area contributed by atoms with Gasteiger partial charge in [-0.15, -0.1) is 0 Å². The first-order chi connectivity index (χ1) is 9.63. The molecule has 1 N–H and O–H groups in total. The summed E-state index contributed by atoms with van der Waals surface area (Å²) in [4.78, 5) is 12.6. The lowest BCUT2D eigenvalue weighted by Gasteiger charge is -2.17. The molecule has 102 valence electrons. The molecule has 0 aromatic heterocycles. The number of anilines is 1. The quantitative estimate of drug-likeness (QED) is 0.894. The molecule has 0 unspecified atom stereocenters.